The number of ether oxygens (including phenoxy) is 1. The third-order valence-electron chi connectivity index (χ3n) is 3.67. The van der Waals surface area contributed by atoms with E-state index >= 15 is 0 Å². The van der Waals surface area contributed by atoms with E-state index in [9.17, 15) is 5.11 Å². The summed E-state index contributed by atoms with van der Waals surface area (Å²) in [5.74, 6) is 0.960. The number of benzene rings is 1. The summed E-state index contributed by atoms with van der Waals surface area (Å²) in [5.41, 5.74) is 4.48. The number of rotatable bonds is 1. The third kappa shape index (κ3) is 1.71. The lowest BCUT2D eigenvalue weighted by Gasteiger charge is -2.35. The van der Waals surface area contributed by atoms with Crippen LogP contribution in [0.2, 0.25) is 0 Å². The molecule has 1 aliphatic rings. The van der Waals surface area contributed by atoms with Crippen molar-refractivity contribution in [2.24, 2.45) is 0 Å². The first-order valence-electron chi connectivity index (χ1n) is 5.83. The van der Waals surface area contributed by atoms with Crippen LogP contribution in [-0.2, 0) is 11.5 Å². The topological polar surface area (TPSA) is 29.1 Å². The molecule has 0 aromatic heterocycles. The molecule has 0 spiro atoms. The van der Waals surface area contributed by atoms with Gasteiger partial charge in [0.15, 0.2) is 0 Å². The van der Waals surface area contributed by atoms with Crippen molar-refractivity contribution < 1.29 is 9.84 Å². The molecule has 2 rings (SSSR count). The largest absolute Gasteiger partial charge is 0.484 e. The second kappa shape index (κ2) is 3.77. The van der Waals surface area contributed by atoms with Gasteiger partial charge in [-0.05, 0) is 62.8 Å². The lowest BCUT2D eigenvalue weighted by Crippen LogP contribution is -2.40. The molecule has 2 heteroatoms. The molecule has 0 aliphatic carbocycles. The summed E-state index contributed by atoms with van der Waals surface area (Å²) < 4.78 is 5.95. The van der Waals surface area contributed by atoms with E-state index < -0.39 is 5.60 Å². The lowest BCUT2D eigenvalue weighted by atomic mass is 9.88. The molecule has 0 saturated heterocycles. The van der Waals surface area contributed by atoms with Crippen molar-refractivity contribution in [3.8, 4) is 5.75 Å². The van der Waals surface area contributed by atoms with Crippen LogP contribution in [0.4, 0.5) is 0 Å². The highest BCUT2D eigenvalue weighted by Crippen LogP contribution is 2.38. The van der Waals surface area contributed by atoms with Gasteiger partial charge >= 0.3 is 0 Å². The Labute approximate surface area is 97.3 Å². The standard InChI is InChI=1S/C14H19O2/c1-9-7-10(2)12-5-6-14(4,8-15)16-13(12)11(9)3/h7H,5-6,8H2,1-4H3. The normalized spacial score (nSPS) is 23.8. The molecule has 16 heavy (non-hydrogen) atoms. The molecule has 1 aromatic rings. The fourth-order valence-corrected chi connectivity index (χ4v) is 2.34. The van der Waals surface area contributed by atoms with E-state index in [2.05, 4.69) is 26.8 Å². The Bertz CT molecular complexity index is 423. The van der Waals surface area contributed by atoms with Gasteiger partial charge in [0.05, 0.1) is 0 Å². The predicted octanol–water partition coefficient (Wildman–Crippen LogP) is 3.13. The first-order valence-corrected chi connectivity index (χ1v) is 5.83. The van der Waals surface area contributed by atoms with Gasteiger partial charge in [-0.25, -0.2) is 5.11 Å². The second-order valence-corrected chi connectivity index (χ2v) is 5.14. The summed E-state index contributed by atoms with van der Waals surface area (Å²) in [5, 5.41) is 11.2. The van der Waals surface area contributed by atoms with Crippen LogP contribution in [0.5, 0.6) is 5.75 Å². The van der Waals surface area contributed by atoms with Crippen molar-refractivity contribution in [3.05, 3.63) is 28.3 Å². The van der Waals surface area contributed by atoms with Gasteiger partial charge in [0.2, 0.25) is 0 Å². The molecule has 0 N–H and O–H groups in total. The first kappa shape index (κ1) is 11.5. The van der Waals surface area contributed by atoms with Crippen LogP contribution in [0.25, 0.3) is 0 Å². The van der Waals surface area contributed by atoms with Crippen LogP contribution in [-0.4, -0.2) is 12.2 Å². The highest BCUT2D eigenvalue weighted by Gasteiger charge is 2.33. The fraction of sp³-hybridized carbons (Fsp3) is 0.571. The highest BCUT2D eigenvalue weighted by molar-refractivity contribution is 5.51. The Morgan fingerprint density at radius 1 is 1.31 bits per heavy atom. The van der Waals surface area contributed by atoms with E-state index in [1.165, 1.54) is 22.3 Å². The van der Waals surface area contributed by atoms with Crippen molar-refractivity contribution >= 4 is 0 Å². The maximum atomic E-state index is 11.2. The van der Waals surface area contributed by atoms with Gasteiger partial charge in [-0.3, -0.25) is 0 Å². The molecule has 1 atom stereocenters. The SMILES string of the molecule is Cc1cc(C)c2c(c1C)OC(C)(C[O])CC2. The van der Waals surface area contributed by atoms with Crippen LogP contribution in [0, 0.1) is 20.8 Å². The van der Waals surface area contributed by atoms with E-state index in [0.29, 0.717) is 0 Å². The second-order valence-electron chi connectivity index (χ2n) is 5.14. The molecule has 1 heterocycles. The van der Waals surface area contributed by atoms with Crippen molar-refractivity contribution in [1.82, 2.24) is 0 Å². The van der Waals surface area contributed by atoms with Gasteiger partial charge in [0.25, 0.3) is 0 Å². The van der Waals surface area contributed by atoms with Crippen molar-refractivity contribution in [3.63, 3.8) is 0 Å². The summed E-state index contributed by atoms with van der Waals surface area (Å²) in [6.45, 7) is 8.03. The minimum absolute atomic E-state index is 0.168. The van der Waals surface area contributed by atoms with Gasteiger partial charge in [-0.2, -0.15) is 0 Å². The fourth-order valence-electron chi connectivity index (χ4n) is 2.34. The van der Waals surface area contributed by atoms with Crippen LogP contribution in [0.1, 0.15) is 35.6 Å². The van der Waals surface area contributed by atoms with Crippen LogP contribution in [0.3, 0.4) is 0 Å². The van der Waals surface area contributed by atoms with Crippen molar-refractivity contribution in [1.29, 1.82) is 0 Å². The predicted molar refractivity (Wildman–Crippen MR) is 63.6 cm³/mol. The van der Waals surface area contributed by atoms with Crippen LogP contribution < -0.4 is 4.74 Å². The molecular weight excluding hydrogens is 200 g/mol. The molecule has 0 saturated carbocycles. The van der Waals surface area contributed by atoms with E-state index in [0.717, 1.165) is 18.6 Å². The van der Waals surface area contributed by atoms with Crippen LogP contribution in [0.15, 0.2) is 6.07 Å². The van der Waals surface area contributed by atoms with Gasteiger partial charge in [-0.1, -0.05) is 6.07 Å². The van der Waals surface area contributed by atoms with E-state index in [-0.39, 0.29) is 6.61 Å². The minimum Gasteiger partial charge on any atom is -0.484 e. The number of fused-ring (bicyclic) bond motifs is 1. The molecule has 0 amide bonds. The van der Waals surface area contributed by atoms with Gasteiger partial charge < -0.3 is 4.74 Å². The molecule has 1 radical (unpaired) electrons. The molecule has 1 aromatic carbocycles. The zero-order valence-corrected chi connectivity index (χ0v) is 10.5. The smallest absolute Gasteiger partial charge is 0.133 e. The highest BCUT2D eigenvalue weighted by atomic mass is 16.5. The van der Waals surface area contributed by atoms with Gasteiger partial charge in [-0.15, -0.1) is 0 Å². The Hall–Kier alpha value is -1.02. The molecular formula is C14H19O2. The zero-order valence-electron chi connectivity index (χ0n) is 10.5. The summed E-state index contributed by atoms with van der Waals surface area (Å²) in [6, 6.07) is 2.21. The van der Waals surface area contributed by atoms with Gasteiger partial charge in [0, 0.05) is 0 Å². The first-order chi connectivity index (χ1) is 7.47. The summed E-state index contributed by atoms with van der Waals surface area (Å²) >= 11 is 0. The van der Waals surface area contributed by atoms with Crippen molar-refractivity contribution in [2.45, 2.75) is 46.1 Å². The monoisotopic (exact) mass is 219 g/mol. The molecule has 0 bridgehead atoms. The zero-order chi connectivity index (χ0) is 11.9. The molecule has 1 unspecified atom stereocenters. The molecule has 1 aliphatic heterocycles. The number of aryl methyl sites for hydroxylation is 2. The Kier molecular flexibility index (Phi) is 2.70. The third-order valence-corrected chi connectivity index (χ3v) is 3.67. The number of hydrogen-bond donors (Lipinski definition) is 0. The molecule has 2 nitrogen and oxygen atoms in total. The maximum Gasteiger partial charge on any atom is 0.133 e. The summed E-state index contributed by atoms with van der Waals surface area (Å²) in [4.78, 5) is 0. The minimum atomic E-state index is -0.516. The Morgan fingerprint density at radius 2 is 2.00 bits per heavy atom. The van der Waals surface area contributed by atoms with E-state index in [1.54, 1.807) is 0 Å². The number of hydrogen-bond acceptors (Lipinski definition) is 1. The maximum absolute atomic E-state index is 11.2. The van der Waals surface area contributed by atoms with E-state index in [4.69, 9.17) is 4.74 Å². The average Bonchev–Trinajstić information content (AvgIpc) is 2.26. The molecule has 87 valence electrons. The lowest BCUT2D eigenvalue weighted by molar-refractivity contribution is -0.0197. The summed E-state index contributed by atoms with van der Waals surface area (Å²) in [7, 11) is 0. The van der Waals surface area contributed by atoms with E-state index in [1.807, 2.05) is 6.92 Å². The Morgan fingerprint density at radius 3 is 2.62 bits per heavy atom. The van der Waals surface area contributed by atoms with Crippen LogP contribution >= 0.6 is 0 Å². The molecule has 0 fully saturated rings. The van der Waals surface area contributed by atoms with Crippen molar-refractivity contribution in [2.75, 3.05) is 6.61 Å². The quantitative estimate of drug-likeness (QED) is 0.713. The summed E-state index contributed by atoms with van der Waals surface area (Å²) in [6.07, 6.45) is 1.79. The van der Waals surface area contributed by atoms with Gasteiger partial charge in [0.1, 0.15) is 18.0 Å². The average molecular weight is 219 g/mol. The Balaban J connectivity index is 2.52.